The molecule has 0 amide bonds. The first kappa shape index (κ1) is 14.7. The standard InChI is InChI=1S/C17H19N3O/c1-3-20(16-7-5-4-6-15(16)19)12-14-10-13(11-18)8-9-17(14)21-2/h4-10H,3,12,19H2,1-2H3. The minimum atomic E-state index is 0.628. The lowest BCUT2D eigenvalue weighted by atomic mass is 10.1. The second-order valence-electron chi connectivity index (χ2n) is 4.71. The number of nitrogens with two attached hydrogens (primary N) is 1. The van der Waals surface area contributed by atoms with Gasteiger partial charge in [0.05, 0.1) is 30.1 Å². The van der Waals surface area contributed by atoms with Gasteiger partial charge in [-0.2, -0.15) is 5.26 Å². The summed E-state index contributed by atoms with van der Waals surface area (Å²) in [7, 11) is 1.64. The van der Waals surface area contributed by atoms with E-state index < -0.39 is 0 Å². The Morgan fingerprint density at radius 1 is 1.24 bits per heavy atom. The van der Waals surface area contributed by atoms with Crippen LogP contribution in [0.4, 0.5) is 11.4 Å². The molecule has 2 aromatic carbocycles. The molecule has 4 heteroatoms. The number of nitrogen functional groups attached to an aromatic ring is 1. The van der Waals surface area contributed by atoms with E-state index in [9.17, 15) is 0 Å². The fourth-order valence-corrected chi connectivity index (χ4v) is 2.32. The van der Waals surface area contributed by atoms with Gasteiger partial charge >= 0.3 is 0 Å². The van der Waals surface area contributed by atoms with Crippen molar-refractivity contribution in [3.63, 3.8) is 0 Å². The van der Waals surface area contributed by atoms with Gasteiger partial charge in [0.25, 0.3) is 0 Å². The number of hydrogen-bond acceptors (Lipinski definition) is 4. The Hall–Kier alpha value is -2.67. The molecule has 21 heavy (non-hydrogen) atoms. The highest BCUT2D eigenvalue weighted by Crippen LogP contribution is 2.27. The smallest absolute Gasteiger partial charge is 0.123 e. The second-order valence-corrected chi connectivity index (χ2v) is 4.71. The van der Waals surface area contributed by atoms with E-state index in [0.717, 1.165) is 29.2 Å². The first-order valence-electron chi connectivity index (χ1n) is 6.86. The number of hydrogen-bond donors (Lipinski definition) is 1. The third kappa shape index (κ3) is 3.26. The van der Waals surface area contributed by atoms with Crippen LogP contribution in [0.1, 0.15) is 18.1 Å². The van der Waals surface area contributed by atoms with E-state index in [2.05, 4.69) is 17.9 Å². The average Bonchev–Trinajstić information content (AvgIpc) is 2.53. The van der Waals surface area contributed by atoms with Crippen molar-refractivity contribution >= 4 is 11.4 Å². The van der Waals surface area contributed by atoms with Gasteiger partial charge in [0.15, 0.2) is 0 Å². The molecule has 0 fully saturated rings. The van der Waals surface area contributed by atoms with Crippen LogP contribution >= 0.6 is 0 Å². The summed E-state index contributed by atoms with van der Waals surface area (Å²) in [4.78, 5) is 2.16. The first-order chi connectivity index (χ1) is 10.2. The summed E-state index contributed by atoms with van der Waals surface area (Å²) >= 11 is 0. The SMILES string of the molecule is CCN(Cc1cc(C#N)ccc1OC)c1ccccc1N. The number of methoxy groups -OCH3 is 1. The van der Waals surface area contributed by atoms with Crippen LogP contribution in [0.2, 0.25) is 0 Å². The summed E-state index contributed by atoms with van der Waals surface area (Å²) in [6, 6.07) is 15.4. The van der Waals surface area contributed by atoms with E-state index in [1.165, 1.54) is 0 Å². The van der Waals surface area contributed by atoms with Crippen LogP contribution in [0.25, 0.3) is 0 Å². The van der Waals surface area contributed by atoms with Gasteiger partial charge in [0, 0.05) is 18.7 Å². The number of rotatable bonds is 5. The summed E-state index contributed by atoms with van der Waals surface area (Å²) in [6.45, 7) is 3.53. The fraction of sp³-hybridized carbons (Fsp3) is 0.235. The molecule has 0 unspecified atom stereocenters. The van der Waals surface area contributed by atoms with Crippen molar-refractivity contribution < 1.29 is 4.74 Å². The van der Waals surface area contributed by atoms with E-state index in [1.54, 1.807) is 13.2 Å². The minimum absolute atomic E-state index is 0.628. The van der Waals surface area contributed by atoms with E-state index >= 15 is 0 Å². The van der Waals surface area contributed by atoms with E-state index in [-0.39, 0.29) is 0 Å². The van der Waals surface area contributed by atoms with Gasteiger partial charge < -0.3 is 15.4 Å². The van der Waals surface area contributed by atoms with Gasteiger partial charge in [-0.15, -0.1) is 0 Å². The number of nitrogens with zero attached hydrogens (tertiary/aromatic N) is 2. The molecule has 0 aromatic heterocycles. The number of para-hydroxylation sites is 2. The van der Waals surface area contributed by atoms with Gasteiger partial charge in [0.1, 0.15) is 5.75 Å². The van der Waals surface area contributed by atoms with Crippen LogP contribution in [0.5, 0.6) is 5.75 Å². The molecule has 108 valence electrons. The molecule has 0 aliphatic rings. The number of nitriles is 1. The van der Waals surface area contributed by atoms with Crippen molar-refractivity contribution in [3.8, 4) is 11.8 Å². The monoisotopic (exact) mass is 281 g/mol. The maximum atomic E-state index is 9.05. The topological polar surface area (TPSA) is 62.3 Å². The van der Waals surface area contributed by atoms with Crippen molar-refractivity contribution in [3.05, 3.63) is 53.6 Å². The molecular weight excluding hydrogens is 262 g/mol. The Balaban J connectivity index is 2.35. The maximum absolute atomic E-state index is 9.05. The highest BCUT2D eigenvalue weighted by molar-refractivity contribution is 5.67. The predicted octanol–water partition coefficient (Wildman–Crippen LogP) is 3.18. The van der Waals surface area contributed by atoms with Crippen molar-refractivity contribution in [1.29, 1.82) is 5.26 Å². The Morgan fingerprint density at radius 2 is 2.00 bits per heavy atom. The van der Waals surface area contributed by atoms with Crippen LogP contribution in [-0.2, 0) is 6.54 Å². The maximum Gasteiger partial charge on any atom is 0.123 e. The largest absolute Gasteiger partial charge is 0.496 e. The van der Waals surface area contributed by atoms with Gasteiger partial charge in [-0.1, -0.05) is 12.1 Å². The molecule has 0 spiro atoms. The van der Waals surface area contributed by atoms with Crippen molar-refractivity contribution in [2.24, 2.45) is 0 Å². The zero-order chi connectivity index (χ0) is 15.2. The van der Waals surface area contributed by atoms with Crippen LogP contribution < -0.4 is 15.4 Å². The summed E-state index contributed by atoms with van der Waals surface area (Å²) in [5.41, 5.74) is 9.39. The lowest BCUT2D eigenvalue weighted by Crippen LogP contribution is -2.23. The second kappa shape index (κ2) is 6.67. The molecule has 0 aliphatic carbocycles. The Bertz CT molecular complexity index is 661. The molecular formula is C17H19N3O. The fourth-order valence-electron chi connectivity index (χ4n) is 2.32. The molecule has 0 atom stereocenters. The van der Waals surface area contributed by atoms with Crippen LogP contribution in [-0.4, -0.2) is 13.7 Å². The van der Waals surface area contributed by atoms with Gasteiger partial charge in [0.2, 0.25) is 0 Å². The average molecular weight is 281 g/mol. The normalized spacial score (nSPS) is 9.95. The zero-order valence-corrected chi connectivity index (χ0v) is 12.3. The molecule has 0 saturated carbocycles. The minimum Gasteiger partial charge on any atom is -0.496 e. The van der Waals surface area contributed by atoms with Crippen molar-refractivity contribution in [1.82, 2.24) is 0 Å². The quantitative estimate of drug-likeness (QED) is 0.855. The molecule has 0 aliphatic heterocycles. The Morgan fingerprint density at radius 3 is 2.62 bits per heavy atom. The predicted molar refractivity (Wildman–Crippen MR) is 85.3 cm³/mol. The lowest BCUT2D eigenvalue weighted by Gasteiger charge is -2.25. The third-order valence-electron chi connectivity index (χ3n) is 3.43. The van der Waals surface area contributed by atoms with E-state index in [0.29, 0.717) is 12.1 Å². The Labute approximate surface area is 125 Å². The van der Waals surface area contributed by atoms with Crippen molar-refractivity contribution in [2.45, 2.75) is 13.5 Å². The molecule has 0 heterocycles. The summed E-state index contributed by atoms with van der Waals surface area (Å²) in [5, 5.41) is 9.05. The van der Waals surface area contributed by atoms with Crippen LogP contribution in [0.3, 0.4) is 0 Å². The molecule has 0 saturated heterocycles. The number of benzene rings is 2. The molecule has 4 nitrogen and oxygen atoms in total. The lowest BCUT2D eigenvalue weighted by molar-refractivity contribution is 0.409. The van der Waals surface area contributed by atoms with Crippen molar-refractivity contribution in [2.75, 3.05) is 24.3 Å². The van der Waals surface area contributed by atoms with Crippen LogP contribution in [0, 0.1) is 11.3 Å². The molecule has 2 aromatic rings. The molecule has 2 N–H and O–H groups in total. The van der Waals surface area contributed by atoms with Gasteiger partial charge in [-0.25, -0.2) is 0 Å². The van der Waals surface area contributed by atoms with Gasteiger partial charge in [-0.05, 0) is 37.3 Å². The highest BCUT2D eigenvalue weighted by atomic mass is 16.5. The number of anilines is 2. The van der Waals surface area contributed by atoms with E-state index in [1.807, 2.05) is 36.4 Å². The number of ether oxygens (including phenoxy) is 1. The van der Waals surface area contributed by atoms with Crippen LogP contribution in [0.15, 0.2) is 42.5 Å². The molecule has 0 radical (unpaired) electrons. The Kier molecular flexibility index (Phi) is 4.68. The van der Waals surface area contributed by atoms with Gasteiger partial charge in [-0.3, -0.25) is 0 Å². The summed E-state index contributed by atoms with van der Waals surface area (Å²) in [5.74, 6) is 0.780. The first-order valence-corrected chi connectivity index (χ1v) is 6.86. The zero-order valence-electron chi connectivity index (χ0n) is 12.3. The summed E-state index contributed by atoms with van der Waals surface area (Å²) in [6.07, 6.45) is 0. The molecule has 0 bridgehead atoms. The summed E-state index contributed by atoms with van der Waals surface area (Å²) < 4.78 is 5.39. The van der Waals surface area contributed by atoms with E-state index in [4.69, 9.17) is 15.7 Å². The molecule has 2 rings (SSSR count). The highest BCUT2D eigenvalue weighted by Gasteiger charge is 2.12. The third-order valence-corrected chi connectivity index (χ3v) is 3.43.